The zero-order chi connectivity index (χ0) is 26.0. The predicted molar refractivity (Wildman–Crippen MR) is 134 cm³/mol. The van der Waals surface area contributed by atoms with Crippen molar-refractivity contribution in [3.63, 3.8) is 0 Å². The molecule has 0 bridgehead atoms. The molecule has 0 aliphatic carbocycles. The number of cyclic esters (lactones) is 1. The van der Waals surface area contributed by atoms with Gasteiger partial charge in [-0.3, -0.25) is 14.4 Å². The summed E-state index contributed by atoms with van der Waals surface area (Å²) in [4.78, 5) is 52.2. The number of carbonyl (C=O) groups excluding carboxylic acids is 4. The molecule has 194 valence electrons. The molecule has 35 heavy (non-hydrogen) atoms. The fourth-order valence-corrected chi connectivity index (χ4v) is 4.17. The monoisotopic (exact) mass is 487 g/mol. The first-order valence-electron chi connectivity index (χ1n) is 12.7. The number of benzene rings is 1. The minimum atomic E-state index is -0.922. The Morgan fingerprint density at radius 1 is 0.943 bits per heavy atom. The Balaban J connectivity index is 2.35. The van der Waals surface area contributed by atoms with E-state index in [1.165, 1.54) is 0 Å². The largest absolute Gasteiger partial charge is 0.460 e. The Hall–Kier alpha value is -2.90. The number of unbranched alkanes of at least 4 members (excludes halogenated alkanes) is 1. The van der Waals surface area contributed by atoms with E-state index < -0.39 is 42.0 Å². The average Bonchev–Trinajstić information content (AvgIpc) is 2.81. The van der Waals surface area contributed by atoms with E-state index in [2.05, 4.69) is 22.9 Å². The van der Waals surface area contributed by atoms with Crippen LogP contribution >= 0.6 is 0 Å². The first-order valence-corrected chi connectivity index (χ1v) is 12.7. The topological polar surface area (TPSA) is 114 Å². The van der Waals surface area contributed by atoms with Crippen LogP contribution in [0.2, 0.25) is 0 Å². The van der Waals surface area contributed by atoms with Gasteiger partial charge in [0.05, 0.1) is 6.42 Å². The van der Waals surface area contributed by atoms with Gasteiger partial charge in [0, 0.05) is 6.42 Å². The molecule has 5 unspecified atom stereocenters. The van der Waals surface area contributed by atoms with Crippen LogP contribution in [-0.2, 0) is 30.3 Å². The third kappa shape index (κ3) is 9.34. The maximum Gasteiger partial charge on any atom is 0.328 e. The summed E-state index contributed by atoms with van der Waals surface area (Å²) in [7, 11) is 0. The molecule has 1 aliphatic heterocycles. The van der Waals surface area contributed by atoms with E-state index in [1.807, 2.05) is 51.1 Å². The lowest BCUT2D eigenvalue weighted by Crippen LogP contribution is -2.56. The van der Waals surface area contributed by atoms with Crippen molar-refractivity contribution >= 4 is 23.7 Å². The van der Waals surface area contributed by atoms with Crippen molar-refractivity contribution in [2.75, 3.05) is 0 Å². The second kappa shape index (κ2) is 13.9. The third-order valence-electron chi connectivity index (χ3n) is 6.29. The molecule has 1 aromatic rings. The number of rotatable bonds is 8. The summed E-state index contributed by atoms with van der Waals surface area (Å²) in [5, 5.41) is 8.33. The fourth-order valence-electron chi connectivity index (χ4n) is 4.17. The third-order valence-corrected chi connectivity index (χ3v) is 6.29. The van der Waals surface area contributed by atoms with Gasteiger partial charge in [-0.1, -0.05) is 70.9 Å². The van der Waals surface area contributed by atoms with Crippen molar-refractivity contribution in [1.29, 1.82) is 0 Å². The van der Waals surface area contributed by atoms with Gasteiger partial charge in [-0.25, -0.2) is 4.79 Å². The Kier molecular flexibility index (Phi) is 11.2. The molecule has 0 spiro atoms. The van der Waals surface area contributed by atoms with Crippen LogP contribution in [0, 0.1) is 11.8 Å². The van der Waals surface area contributed by atoms with Crippen LogP contribution in [0.1, 0.15) is 72.3 Å². The maximum atomic E-state index is 13.2. The van der Waals surface area contributed by atoms with Crippen molar-refractivity contribution in [3.8, 4) is 0 Å². The van der Waals surface area contributed by atoms with Gasteiger partial charge >= 0.3 is 5.97 Å². The van der Waals surface area contributed by atoms with Crippen LogP contribution in [-0.4, -0.2) is 47.9 Å². The molecule has 1 aromatic carbocycles. The highest BCUT2D eigenvalue weighted by atomic mass is 16.5. The van der Waals surface area contributed by atoms with E-state index in [0.717, 1.165) is 24.8 Å². The van der Waals surface area contributed by atoms with Crippen molar-refractivity contribution < 1.29 is 23.9 Å². The number of hydrogen-bond donors (Lipinski definition) is 3. The molecule has 1 heterocycles. The summed E-state index contributed by atoms with van der Waals surface area (Å²) in [6.45, 7) is 9.52. The Bertz CT molecular complexity index is 858. The molecule has 2 rings (SSSR count). The lowest BCUT2D eigenvalue weighted by Gasteiger charge is -2.26. The number of amides is 3. The molecule has 3 amide bonds. The Morgan fingerprint density at radius 2 is 1.60 bits per heavy atom. The molecule has 3 N–H and O–H groups in total. The van der Waals surface area contributed by atoms with Gasteiger partial charge in [0.1, 0.15) is 24.2 Å². The van der Waals surface area contributed by atoms with Crippen LogP contribution in [0.4, 0.5) is 0 Å². The normalized spacial score (nSPS) is 25.3. The molecule has 0 saturated carbocycles. The number of esters is 1. The summed E-state index contributed by atoms with van der Waals surface area (Å²) in [6.07, 6.45) is 2.73. The van der Waals surface area contributed by atoms with Gasteiger partial charge in [-0.05, 0) is 37.2 Å². The summed E-state index contributed by atoms with van der Waals surface area (Å²) >= 11 is 0. The molecule has 8 heteroatoms. The highest BCUT2D eigenvalue weighted by Crippen LogP contribution is 2.20. The van der Waals surface area contributed by atoms with Crippen LogP contribution in [0.3, 0.4) is 0 Å². The van der Waals surface area contributed by atoms with E-state index in [-0.39, 0.29) is 30.6 Å². The molecule has 1 fully saturated rings. The number of ether oxygens (including phenoxy) is 1. The molecular formula is C27H41N3O5. The van der Waals surface area contributed by atoms with E-state index in [1.54, 1.807) is 6.92 Å². The molecule has 0 aromatic heterocycles. The highest BCUT2D eigenvalue weighted by molar-refractivity contribution is 5.94. The van der Waals surface area contributed by atoms with Crippen molar-refractivity contribution in [1.82, 2.24) is 16.0 Å². The van der Waals surface area contributed by atoms with Crippen LogP contribution in [0.5, 0.6) is 0 Å². The van der Waals surface area contributed by atoms with Crippen molar-refractivity contribution in [2.24, 2.45) is 11.8 Å². The van der Waals surface area contributed by atoms with E-state index in [0.29, 0.717) is 6.42 Å². The number of carbonyl (C=O) groups is 4. The quantitative estimate of drug-likeness (QED) is 0.488. The zero-order valence-corrected chi connectivity index (χ0v) is 21.6. The van der Waals surface area contributed by atoms with Crippen molar-refractivity contribution in [2.45, 2.75) is 97.4 Å². The van der Waals surface area contributed by atoms with Crippen LogP contribution < -0.4 is 16.0 Å². The molecule has 8 nitrogen and oxygen atoms in total. The fraction of sp³-hybridized carbons (Fsp3) is 0.630. The van der Waals surface area contributed by atoms with Gasteiger partial charge < -0.3 is 20.7 Å². The summed E-state index contributed by atoms with van der Waals surface area (Å²) in [5.41, 5.74) is 0.863. The van der Waals surface area contributed by atoms with Crippen LogP contribution in [0.15, 0.2) is 30.3 Å². The Morgan fingerprint density at radius 3 is 2.23 bits per heavy atom. The second-order valence-corrected chi connectivity index (χ2v) is 10.0. The zero-order valence-electron chi connectivity index (χ0n) is 21.6. The number of hydrogen-bond acceptors (Lipinski definition) is 5. The molecule has 1 saturated heterocycles. The first kappa shape index (κ1) is 28.3. The standard InChI is InChI=1S/C27H41N3O5/c1-6-7-11-18(4)23-16-24(31)29-21(14-17(2)3)26(33)30-22(15-20-12-9-8-10-13-20)25(32)28-19(5)27(34)35-23/h8-10,12-13,17-19,21-23H,6-7,11,14-16H2,1-5H3,(H,28,32)(H,29,31)(H,30,33). The van der Waals surface area contributed by atoms with Gasteiger partial charge in [-0.2, -0.15) is 0 Å². The highest BCUT2D eigenvalue weighted by Gasteiger charge is 2.33. The first-order chi connectivity index (χ1) is 16.6. The minimum Gasteiger partial charge on any atom is -0.460 e. The van der Waals surface area contributed by atoms with Gasteiger partial charge in [0.25, 0.3) is 0 Å². The SMILES string of the molecule is CCCCC(C)C1CC(=O)NC(CC(C)C)C(=O)NC(Cc2ccccc2)C(=O)NC(C)C(=O)O1. The average molecular weight is 488 g/mol. The van der Waals surface area contributed by atoms with Crippen molar-refractivity contribution in [3.05, 3.63) is 35.9 Å². The maximum absolute atomic E-state index is 13.2. The molecule has 5 atom stereocenters. The minimum absolute atomic E-state index is 0.0351. The van der Waals surface area contributed by atoms with Crippen LogP contribution in [0.25, 0.3) is 0 Å². The summed E-state index contributed by atoms with van der Waals surface area (Å²) in [6, 6.07) is 6.69. The summed E-state index contributed by atoms with van der Waals surface area (Å²) < 4.78 is 5.73. The lowest BCUT2D eigenvalue weighted by molar-refractivity contribution is -0.156. The predicted octanol–water partition coefficient (Wildman–Crippen LogP) is 2.89. The van der Waals surface area contributed by atoms with Gasteiger partial charge in [0.15, 0.2) is 0 Å². The number of nitrogens with one attached hydrogen (secondary N) is 3. The van der Waals surface area contributed by atoms with E-state index >= 15 is 0 Å². The van der Waals surface area contributed by atoms with Gasteiger partial charge in [0.2, 0.25) is 17.7 Å². The molecule has 0 radical (unpaired) electrons. The van der Waals surface area contributed by atoms with E-state index in [4.69, 9.17) is 4.74 Å². The summed E-state index contributed by atoms with van der Waals surface area (Å²) in [5.74, 6) is -1.74. The smallest absolute Gasteiger partial charge is 0.328 e. The van der Waals surface area contributed by atoms with Gasteiger partial charge in [-0.15, -0.1) is 0 Å². The Labute approximate surface area is 208 Å². The lowest BCUT2D eigenvalue weighted by atomic mass is 9.95. The molecular weight excluding hydrogens is 446 g/mol. The second-order valence-electron chi connectivity index (χ2n) is 10.0. The molecule has 1 aliphatic rings. The van der Waals surface area contributed by atoms with E-state index in [9.17, 15) is 19.2 Å².